The number of carbonyl (C=O) groups is 1. The molecule has 2 aromatic rings. The molecule has 0 spiro atoms. The third-order valence-corrected chi connectivity index (χ3v) is 2.62. The number of nitrogens with zero attached hydrogens (tertiary/aromatic N) is 2. The summed E-state index contributed by atoms with van der Waals surface area (Å²) in [4.78, 5) is 19.6. The molecule has 2 rings (SSSR count). The highest BCUT2D eigenvalue weighted by Gasteiger charge is 2.07. The fourth-order valence-electron chi connectivity index (χ4n) is 1.16. The smallest absolute Gasteiger partial charge is 0.275 e. The Balaban J connectivity index is 2.11. The molecule has 0 bridgehead atoms. The summed E-state index contributed by atoms with van der Waals surface area (Å²) < 4.78 is 0.584. The van der Waals surface area contributed by atoms with Gasteiger partial charge in [-0.1, -0.05) is 11.6 Å². The molecule has 0 radical (unpaired) electrons. The van der Waals surface area contributed by atoms with E-state index in [2.05, 4.69) is 31.2 Å². The van der Waals surface area contributed by atoms with Gasteiger partial charge in [0.25, 0.3) is 5.91 Å². The van der Waals surface area contributed by atoms with E-state index in [4.69, 9.17) is 11.6 Å². The topological polar surface area (TPSA) is 54.9 Å². The minimum Gasteiger partial charge on any atom is -0.321 e. The van der Waals surface area contributed by atoms with Crippen LogP contribution in [0.5, 0.6) is 0 Å². The van der Waals surface area contributed by atoms with Crippen molar-refractivity contribution in [2.24, 2.45) is 0 Å². The number of carbonyl (C=O) groups excluding carboxylic acids is 1. The maximum absolute atomic E-state index is 11.7. The van der Waals surface area contributed by atoms with Crippen molar-refractivity contribution >= 4 is 39.1 Å². The zero-order chi connectivity index (χ0) is 12.3. The first-order valence-electron chi connectivity index (χ1n) is 4.69. The van der Waals surface area contributed by atoms with Crippen molar-refractivity contribution in [1.29, 1.82) is 0 Å². The number of anilines is 1. The summed E-state index contributed by atoms with van der Waals surface area (Å²) in [5.74, 6) is -0.313. The highest BCUT2D eigenvalue weighted by molar-refractivity contribution is 9.10. The molecule has 6 heteroatoms. The van der Waals surface area contributed by atoms with Crippen molar-refractivity contribution in [2.75, 3.05) is 5.32 Å². The zero-order valence-corrected chi connectivity index (χ0v) is 10.9. The number of hydrogen-bond donors (Lipinski definition) is 1. The monoisotopic (exact) mass is 311 g/mol. The van der Waals surface area contributed by atoms with Gasteiger partial charge in [-0.25, -0.2) is 9.97 Å². The average molecular weight is 313 g/mol. The lowest BCUT2D eigenvalue weighted by Gasteiger charge is -2.04. The Morgan fingerprint density at radius 2 is 1.88 bits per heavy atom. The van der Waals surface area contributed by atoms with Gasteiger partial charge in [0.2, 0.25) is 0 Å². The molecule has 0 unspecified atom stereocenters. The summed E-state index contributed by atoms with van der Waals surface area (Å²) in [6.45, 7) is 0. The number of rotatable bonds is 2. The first-order valence-corrected chi connectivity index (χ1v) is 5.87. The quantitative estimate of drug-likeness (QED) is 0.927. The second-order valence-electron chi connectivity index (χ2n) is 3.19. The standard InChI is InChI=1S/C11H7BrClN3O/c12-10-6-14-9(5-15-10)11(17)16-8-3-1-7(13)2-4-8/h1-6H,(H,16,17). The third-order valence-electron chi connectivity index (χ3n) is 1.96. The van der Waals surface area contributed by atoms with Gasteiger partial charge in [-0.15, -0.1) is 0 Å². The molecule has 1 heterocycles. The van der Waals surface area contributed by atoms with E-state index < -0.39 is 0 Å². The molecule has 1 aromatic heterocycles. The fraction of sp³-hybridized carbons (Fsp3) is 0. The predicted molar refractivity (Wildman–Crippen MR) is 69.1 cm³/mol. The number of benzene rings is 1. The molecule has 0 aliphatic heterocycles. The van der Waals surface area contributed by atoms with E-state index in [1.165, 1.54) is 12.4 Å². The predicted octanol–water partition coefficient (Wildman–Crippen LogP) is 3.14. The van der Waals surface area contributed by atoms with Crippen LogP contribution in [-0.2, 0) is 0 Å². The Morgan fingerprint density at radius 3 is 2.47 bits per heavy atom. The lowest BCUT2D eigenvalue weighted by atomic mass is 10.3. The second-order valence-corrected chi connectivity index (χ2v) is 4.43. The van der Waals surface area contributed by atoms with Crippen LogP contribution in [0.1, 0.15) is 10.5 Å². The molecule has 1 amide bonds. The number of halogens is 2. The molecule has 0 saturated heterocycles. The summed E-state index contributed by atoms with van der Waals surface area (Å²) in [6.07, 6.45) is 2.87. The van der Waals surface area contributed by atoms with E-state index in [-0.39, 0.29) is 11.6 Å². The molecule has 1 N–H and O–H groups in total. The molecule has 0 aliphatic carbocycles. The van der Waals surface area contributed by atoms with Crippen LogP contribution in [0.15, 0.2) is 41.3 Å². The van der Waals surface area contributed by atoms with Crippen LogP contribution in [0.4, 0.5) is 5.69 Å². The van der Waals surface area contributed by atoms with Crippen molar-refractivity contribution in [3.05, 3.63) is 52.0 Å². The third kappa shape index (κ3) is 3.25. The summed E-state index contributed by atoms with van der Waals surface area (Å²) in [6, 6.07) is 6.83. The molecule has 0 saturated carbocycles. The van der Waals surface area contributed by atoms with Crippen LogP contribution in [0, 0.1) is 0 Å². The lowest BCUT2D eigenvalue weighted by molar-refractivity contribution is 0.102. The minimum atomic E-state index is -0.313. The van der Waals surface area contributed by atoms with Gasteiger partial charge in [-0.05, 0) is 40.2 Å². The SMILES string of the molecule is O=C(Nc1ccc(Cl)cc1)c1cnc(Br)cn1. The van der Waals surface area contributed by atoms with Gasteiger partial charge in [-0.3, -0.25) is 4.79 Å². The molecule has 0 fully saturated rings. The first-order chi connectivity index (χ1) is 8.15. The summed E-state index contributed by atoms with van der Waals surface area (Å²) in [5, 5.41) is 3.31. The zero-order valence-electron chi connectivity index (χ0n) is 8.52. The van der Waals surface area contributed by atoms with Gasteiger partial charge < -0.3 is 5.32 Å². The minimum absolute atomic E-state index is 0.253. The van der Waals surface area contributed by atoms with Gasteiger partial charge in [0.15, 0.2) is 0 Å². The molecule has 4 nitrogen and oxygen atoms in total. The van der Waals surface area contributed by atoms with Crippen molar-refractivity contribution < 1.29 is 4.79 Å². The molecule has 1 aromatic carbocycles. The Kier molecular flexibility index (Phi) is 3.71. The van der Waals surface area contributed by atoms with Crippen LogP contribution in [0.2, 0.25) is 5.02 Å². The Labute approximate surface area is 111 Å². The molecule has 17 heavy (non-hydrogen) atoms. The molecule has 86 valence electrons. The van der Waals surface area contributed by atoms with E-state index in [1.54, 1.807) is 24.3 Å². The normalized spacial score (nSPS) is 10.0. The van der Waals surface area contributed by atoms with Crippen LogP contribution in [0.3, 0.4) is 0 Å². The highest BCUT2D eigenvalue weighted by Crippen LogP contribution is 2.14. The van der Waals surface area contributed by atoms with Crippen molar-refractivity contribution in [3.8, 4) is 0 Å². The maximum atomic E-state index is 11.7. The summed E-state index contributed by atoms with van der Waals surface area (Å²) in [7, 11) is 0. The molecule has 0 aliphatic rings. The Bertz CT molecular complexity index is 527. The highest BCUT2D eigenvalue weighted by atomic mass is 79.9. The summed E-state index contributed by atoms with van der Waals surface area (Å²) in [5.41, 5.74) is 0.910. The van der Waals surface area contributed by atoms with E-state index >= 15 is 0 Å². The average Bonchev–Trinajstić information content (AvgIpc) is 2.33. The number of nitrogens with one attached hydrogen (secondary N) is 1. The number of aromatic nitrogens is 2. The van der Waals surface area contributed by atoms with E-state index in [0.29, 0.717) is 15.3 Å². The van der Waals surface area contributed by atoms with Gasteiger partial charge in [-0.2, -0.15) is 0 Å². The van der Waals surface area contributed by atoms with Gasteiger partial charge in [0.05, 0.1) is 12.4 Å². The second kappa shape index (κ2) is 5.25. The van der Waals surface area contributed by atoms with Crippen LogP contribution in [-0.4, -0.2) is 15.9 Å². The van der Waals surface area contributed by atoms with Gasteiger partial charge in [0.1, 0.15) is 10.3 Å². The molecule has 0 atom stereocenters. The number of amides is 1. The summed E-state index contributed by atoms with van der Waals surface area (Å²) >= 11 is 8.89. The Morgan fingerprint density at radius 1 is 1.18 bits per heavy atom. The molecular weight excluding hydrogens is 305 g/mol. The maximum Gasteiger partial charge on any atom is 0.275 e. The van der Waals surface area contributed by atoms with E-state index in [1.807, 2.05) is 0 Å². The van der Waals surface area contributed by atoms with Crippen molar-refractivity contribution in [3.63, 3.8) is 0 Å². The van der Waals surface area contributed by atoms with Gasteiger partial charge >= 0.3 is 0 Å². The fourth-order valence-corrected chi connectivity index (χ4v) is 1.49. The molecular formula is C11H7BrClN3O. The van der Waals surface area contributed by atoms with Crippen LogP contribution < -0.4 is 5.32 Å². The largest absolute Gasteiger partial charge is 0.321 e. The van der Waals surface area contributed by atoms with Gasteiger partial charge in [0, 0.05) is 10.7 Å². The number of hydrogen-bond acceptors (Lipinski definition) is 3. The van der Waals surface area contributed by atoms with E-state index in [0.717, 1.165) is 0 Å². The van der Waals surface area contributed by atoms with Crippen molar-refractivity contribution in [2.45, 2.75) is 0 Å². The van der Waals surface area contributed by atoms with E-state index in [9.17, 15) is 4.79 Å². The Hall–Kier alpha value is -1.46. The van der Waals surface area contributed by atoms with Crippen LogP contribution >= 0.6 is 27.5 Å². The van der Waals surface area contributed by atoms with Crippen LogP contribution in [0.25, 0.3) is 0 Å². The van der Waals surface area contributed by atoms with Crippen molar-refractivity contribution in [1.82, 2.24) is 9.97 Å². The lowest BCUT2D eigenvalue weighted by Crippen LogP contribution is -2.13. The first kappa shape index (κ1) is 12.0.